The van der Waals surface area contributed by atoms with E-state index in [4.69, 9.17) is 5.73 Å². The molecule has 2 aromatic rings. The number of nitrogen functional groups attached to an aromatic ring is 1. The summed E-state index contributed by atoms with van der Waals surface area (Å²) in [6.45, 7) is 3.53. The Bertz CT molecular complexity index is 538. The van der Waals surface area contributed by atoms with E-state index in [9.17, 15) is 5.11 Å². The first-order valence-electron chi connectivity index (χ1n) is 5.50. The van der Waals surface area contributed by atoms with E-state index in [1.807, 2.05) is 24.3 Å². The first-order chi connectivity index (χ1) is 7.89. The number of aliphatic hydroxyl groups is 1. The quantitative estimate of drug-likeness (QED) is 0.829. The van der Waals surface area contributed by atoms with Crippen LogP contribution in [0.2, 0.25) is 0 Å². The summed E-state index contributed by atoms with van der Waals surface area (Å²) >= 11 is 0. The van der Waals surface area contributed by atoms with Crippen LogP contribution in [0.25, 0.3) is 11.1 Å². The van der Waals surface area contributed by atoms with Crippen molar-refractivity contribution < 1.29 is 5.11 Å². The Labute approximate surface area is 101 Å². The van der Waals surface area contributed by atoms with Crippen LogP contribution in [0.3, 0.4) is 0 Å². The Morgan fingerprint density at radius 3 is 2.59 bits per heavy atom. The molecule has 0 fully saturated rings. The van der Waals surface area contributed by atoms with E-state index >= 15 is 0 Å². The minimum Gasteiger partial charge on any atom is -0.386 e. The van der Waals surface area contributed by atoms with Crippen LogP contribution in [-0.4, -0.2) is 14.9 Å². The summed E-state index contributed by atoms with van der Waals surface area (Å²) in [6, 6.07) is 7.71. The van der Waals surface area contributed by atoms with E-state index < -0.39 is 5.60 Å². The highest BCUT2D eigenvalue weighted by molar-refractivity contribution is 5.73. The third-order valence-electron chi connectivity index (χ3n) is 2.86. The first kappa shape index (κ1) is 11.7. The molecule has 90 valence electrons. The number of nitrogens with two attached hydrogens (primary N) is 1. The Hall–Kier alpha value is -1.81. The third kappa shape index (κ3) is 2.17. The molecule has 0 unspecified atom stereocenters. The van der Waals surface area contributed by atoms with Gasteiger partial charge in [0.25, 0.3) is 0 Å². The van der Waals surface area contributed by atoms with Crippen molar-refractivity contribution in [1.29, 1.82) is 0 Å². The predicted molar refractivity (Wildman–Crippen MR) is 68.3 cm³/mol. The lowest BCUT2D eigenvalue weighted by atomic mass is 9.95. The van der Waals surface area contributed by atoms with Crippen molar-refractivity contribution in [3.8, 4) is 11.1 Å². The molecule has 4 nitrogen and oxygen atoms in total. The molecule has 0 aliphatic rings. The van der Waals surface area contributed by atoms with Gasteiger partial charge in [0.15, 0.2) is 0 Å². The van der Waals surface area contributed by atoms with E-state index in [1.165, 1.54) is 0 Å². The highest BCUT2D eigenvalue weighted by Gasteiger charge is 2.17. The van der Waals surface area contributed by atoms with Gasteiger partial charge in [0.05, 0.1) is 11.8 Å². The number of hydrogen-bond donors (Lipinski definition) is 2. The van der Waals surface area contributed by atoms with Crippen LogP contribution in [0.4, 0.5) is 5.82 Å². The van der Waals surface area contributed by atoms with Crippen LogP contribution in [0, 0.1) is 0 Å². The maximum absolute atomic E-state index is 9.98. The van der Waals surface area contributed by atoms with Crippen molar-refractivity contribution in [3.63, 3.8) is 0 Å². The molecule has 2 rings (SSSR count). The number of anilines is 1. The lowest BCUT2D eigenvalue weighted by molar-refractivity contribution is 0.0786. The molecule has 0 bridgehead atoms. The van der Waals surface area contributed by atoms with Gasteiger partial charge >= 0.3 is 0 Å². The summed E-state index contributed by atoms with van der Waals surface area (Å²) in [4.78, 5) is 0. The summed E-state index contributed by atoms with van der Waals surface area (Å²) < 4.78 is 1.63. The van der Waals surface area contributed by atoms with Gasteiger partial charge < -0.3 is 10.8 Å². The zero-order chi connectivity index (χ0) is 12.6. The van der Waals surface area contributed by atoms with E-state index in [2.05, 4.69) is 5.10 Å². The van der Waals surface area contributed by atoms with Crippen molar-refractivity contribution in [2.24, 2.45) is 7.05 Å². The number of nitrogens with zero attached hydrogens (tertiary/aromatic N) is 2. The summed E-state index contributed by atoms with van der Waals surface area (Å²) in [6.07, 6.45) is 1.73. The van der Waals surface area contributed by atoms with Gasteiger partial charge in [0, 0.05) is 12.6 Å². The van der Waals surface area contributed by atoms with Gasteiger partial charge in [-0.25, -0.2) is 0 Å². The summed E-state index contributed by atoms with van der Waals surface area (Å²) in [5.74, 6) is 0.623. The topological polar surface area (TPSA) is 64.1 Å². The highest BCUT2D eigenvalue weighted by Crippen LogP contribution is 2.29. The largest absolute Gasteiger partial charge is 0.386 e. The molecule has 1 aromatic carbocycles. The van der Waals surface area contributed by atoms with Crippen molar-refractivity contribution in [2.45, 2.75) is 19.4 Å². The Kier molecular flexibility index (Phi) is 2.67. The molecule has 1 heterocycles. The van der Waals surface area contributed by atoms with Gasteiger partial charge in [-0.05, 0) is 31.0 Å². The molecule has 0 amide bonds. The average Bonchev–Trinajstić information content (AvgIpc) is 2.59. The van der Waals surface area contributed by atoms with Crippen LogP contribution >= 0.6 is 0 Å². The van der Waals surface area contributed by atoms with E-state index in [0.29, 0.717) is 5.82 Å². The van der Waals surface area contributed by atoms with Gasteiger partial charge in [0.1, 0.15) is 5.82 Å². The lowest BCUT2D eigenvalue weighted by Crippen LogP contribution is -2.15. The minimum atomic E-state index is -0.854. The molecule has 4 heteroatoms. The number of benzene rings is 1. The van der Waals surface area contributed by atoms with Gasteiger partial charge in [-0.1, -0.05) is 18.2 Å². The summed E-state index contributed by atoms with van der Waals surface area (Å²) in [5, 5.41) is 14.1. The number of aromatic nitrogens is 2. The maximum Gasteiger partial charge on any atom is 0.129 e. The zero-order valence-electron chi connectivity index (χ0n) is 10.3. The third-order valence-corrected chi connectivity index (χ3v) is 2.86. The maximum atomic E-state index is 9.98. The fraction of sp³-hybridized carbons (Fsp3) is 0.308. The fourth-order valence-electron chi connectivity index (χ4n) is 1.74. The molecule has 0 atom stereocenters. The molecule has 17 heavy (non-hydrogen) atoms. The molecule has 0 aliphatic carbocycles. The van der Waals surface area contributed by atoms with Crippen molar-refractivity contribution in [1.82, 2.24) is 9.78 Å². The van der Waals surface area contributed by atoms with Crippen LogP contribution < -0.4 is 5.73 Å². The molecule has 1 aromatic heterocycles. The zero-order valence-corrected chi connectivity index (χ0v) is 10.3. The standard InChI is InChI=1S/C13H17N3O/c1-13(2,17)10-6-4-5-9(7-10)11-8-15-16(3)12(11)14/h4-8,17H,14H2,1-3H3. The number of hydrogen-bond acceptors (Lipinski definition) is 3. The average molecular weight is 231 g/mol. The summed E-state index contributed by atoms with van der Waals surface area (Å²) in [7, 11) is 1.80. The molecule has 0 radical (unpaired) electrons. The van der Waals surface area contributed by atoms with Crippen molar-refractivity contribution in [3.05, 3.63) is 36.0 Å². The van der Waals surface area contributed by atoms with E-state index in [1.54, 1.807) is 31.8 Å². The monoisotopic (exact) mass is 231 g/mol. The second-order valence-electron chi connectivity index (χ2n) is 4.71. The molecule has 3 N–H and O–H groups in total. The highest BCUT2D eigenvalue weighted by atomic mass is 16.3. The number of rotatable bonds is 2. The van der Waals surface area contributed by atoms with Crippen LogP contribution in [-0.2, 0) is 12.6 Å². The number of aryl methyl sites for hydroxylation is 1. The minimum absolute atomic E-state index is 0.623. The Balaban J connectivity index is 2.51. The fourth-order valence-corrected chi connectivity index (χ4v) is 1.74. The molecule has 0 aliphatic heterocycles. The second-order valence-corrected chi connectivity index (χ2v) is 4.71. The Morgan fingerprint density at radius 2 is 2.06 bits per heavy atom. The lowest BCUT2D eigenvalue weighted by Gasteiger charge is -2.18. The van der Waals surface area contributed by atoms with Crippen molar-refractivity contribution in [2.75, 3.05) is 5.73 Å². The molecule has 0 spiro atoms. The molecule has 0 saturated heterocycles. The van der Waals surface area contributed by atoms with Gasteiger partial charge in [-0.15, -0.1) is 0 Å². The van der Waals surface area contributed by atoms with Crippen LogP contribution in [0.15, 0.2) is 30.5 Å². The smallest absolute Gasteiger partial charge is 0.129 e. The second kappa shape index (κ2) is 3.89. The van der Waals surface area contributed by atoms with Crippen LogP contribution in [0.1, 0.15) is 19.4 Å². The molecular weight excluding hydrogens is 214 g/mol. The van der Waals surface area contributed by atoms with Crippen molar-refractivity contribution >= 4 is 5.82 Å². The van der Waals surface area contributed by atoms with Gasteiger partial charge in [-0.2, -0.15) is 5.10 Å². The van der Waals surface area contributed by atoms with E-state index in [0.717, 1.165) is 16.7 Å². The molecule has 0 saturated carbocycles. The molecular formula is C13H17N3O. The Morgan fingerprint density at radius 1 is 1.35 bits per heavy atom. The van der Waals surface area contributed by atoms with Crippen LogP contribution in [0.5, 0.6) is 0 Å². The van der Waals surface area contributed by atoms with Gasteiger partial charge in [0.2, 0.25) is 0 Å². The first-order valence-corrected chi connectivity index (χ1v) is 5.50. The SMILES string of the molecule is Cn1ncc(-c2cccc(C(C)(C)O)c2)c1N. The normalized spacial score (nSPS) is 11.8. The van der Waals surface area contributed by atoms with Gasteiger partial charge in [-0.3, -0.25) is 4.68 Å². The predicted octanol–water partition coefficient (Wildman–Crippen LogP) is 1.90. The van der Waals surface area contributed by atoms with E-state index in [-0.39, 0.29) is 0 Å². The summed E-state index contributed by atoms with van der Waals surface area (Å²) in [5.41, 5.74) is 7.79.